The fourth-order valence-electron chi connectivity index (χ4n) is 8.66. The molecule has 9 aromatic carbocycles. The summed E-state index contributed by atoms with van der Waals surface area (Å²) in [7, 11) is 0. The van der Waals surface area contributed by atoms with Crippen LogP contribution in [0.4, 0.5) is 0 Å². The van der Waals surface area contributed by atoms with Crippen molar-refractivity contribution in [1.29, 1.82) is 0 Å². The molecule has 236 valence electrons. The van der Waals surface area contributed by atoms with Crippen LogP contribution in [0.15, 0.2) is 176 Å². The fraction of sp³-hybridized carbons (Fsp3) is 0. The lowest BCUT2D eigenvalue weighted by molar-refractivity contribution is 0.468. The van der Waals surface area contributed by atoms with Crippen LogP contribution in [0.25, 0.3) is 65.7 Å². The highest BCUT2D eigenvalue weighted by Gasteiger charge is 2.41. The average Bonchev–Trinajstić information content (AvgIpc) is 3.20. The van der Waals surface area contributed by atoms with Crippen LogP contribution in [0.5, 0.6) is 23.0 Å². The van der Waals surface area contributed by atoms with Crippen molar-refractivity contribution in [2.45, 2.75) is 0 Å². The summed E-state index contributed by atoms with van der Waals surface area (Å²) in [6.07, 6.45) is 0. The number of fused-ring (bicyclic) bond motifs is 8. The lowest BCUT2D eigenvalue weighted by Gasteiger charge is -2.34. The summed E-state index contributed by atoms with van der Waals surface area (Å²) in [5.74, 6) is 3.53. The van der Waals surface area contributed by atoms with E-state index >= 15 is 0 Å². The minimum absolute atomic E-state index is 0.0211. The van der Waals surface area contributed by atoms with Crippen LogP contribution >= 0.6 is 0 Å². The molecule has 0 fully saturated rings. The van der Waals surface area contributed by atoms with Gasteiger partial charge < -0.3 is 9.47 Å². The molecule has 0 radical (unpaired) electrons. The van der Waals surface area contributed by atoms with Gasteiger partial charge in [-0.25, -0.2) is 0 Å². The molecule has 0 saturated heterocycles. The summed E-state index contributed by atoms with van der Waals surface area (Å²) < 4.78 is 13.7. The number of hydrogen-bond donors (Lipinski definition) is 0. The van der Waals surface area contributed by atoms with E-state index in [1.165, 1.54) is 49.2 Å². The van der Waals surface area contributed by atoms with Crippen molar-refractivity contribution in [3.05, 3.63) is 176 Å². The summed E-state index contributed by atoms with van der Waals surface area (Å²) in [5, 5.41) is 7.24. The molecule has 2 nitrogen and oxygen atoms in total. The van der Waals surface area contributed by atoms with Gasteiger partial charge in [0, 0.05) is 16.4 Å². The molecule has 0 amide bonds. The number of para-hydroxylation sites is 1. The second-order valence-corrected chi connectivity index (χ2v) is 13.5. The maximum atomic E-state index is 6.98. The molecule has 2 heterocycles. The van der Waals surface area contributed by atoms with Gasteiger partial charge in [-0.2, -0.15) is 0 Å². The van der Waals surface area contributed by atoms with E-state index in [1.54, 1.807) is 0 Å². The lowest BCUT2D eigenvalue weighted by atomic mass is 9.34. The second kappa shape index (κ2) is 11.0. The van der Waals surface area contributed by atoms with Gasteiger partial charge >= 0.3 is 0 Å². The van der Waals surface area contributed by atoms with E-state index in [2.05, 4.69) is 170 Å². The zero-order valence-electron chi connectivity index (χ0n) is 27.6. The first-order valence-corrected chi connectivity index (χ1v) is 17.6. The van der Waals surface area contributed by atoms with Crippen molar-refractivity contribution in [2.75, 3.05) is 0 Å². The molecule has 0 N–H and O–H groups in total. The van der Waals surface area contributed by atoms with Gasteiger partial charge in [0.25, 0.3) is 6.71 Å². The highest BCUT2D eigenvalue weighted by atomic mass is 16.5. The third-order valence-corrected chi connectivity index (χ3v) is 10.8. The monoisotopic (exact) mass is 648 g/mol. The van der Waals surface area contributed by atoms with Crippen LogP contribution < -0.4 is 25.9 Å². The largest absolute Gasteiger partial charge is 0.458 e. The van der Waals surface area contributed by atoms with Crippen molar-refractivity contribution >= 4 is 55.4 Å². The Morgan fingerprint density at radius 2 is 0.863 bits per heavy atom. The zero-order chi connectivity index (χ0) is 33.5. The predicted octanol–water partition coefficient (Wildman–Crippen LogP) is 10.9. The average molecular weight is 649 g/mol. The van der Waals surface area contributed by atoms with E-state index in [0.717, 1.165) is 55.9 Å². The number of ether oxygens (including phenoxy) is 2. The Balaban J connectivity index is 1.18. The van der Waals surface area contributed by atoms with E-state index in [0.29, 0.717) is 0 Å². The first kappa shape index (κ1) is 28.3. The minimum Gasteiger partial charge on any atom is -0.458 e. The molecule has 0 saturated carbocycles. The van der Waals surface area contributed by atoms with Crippen molar-refractivity contribution in [1.82, 2.24) is 0 Å². The van der Waals surface area contributed by atoms with Gasteiger partial charge in [0.1, 0.15) is 23.0 Å². The summed E-state index contributed by atoms with van der Waals surface area (Å²) in [6.45, 7) is -0.0211. The molecular formula is C48H29BO2. The first-order valence-electron chi connectivity index (χ1n) is 17.6. The summed E-state index contributed by atoms with van der Waals surface area (Å²) in [6, 6.07) is 63.1. The van der Waals surface area contributed by atoms with Crippen LogP contribution in [0.1, 0.15) is 0 Å². The molecule has 2 aliphatic heterocycles. The van der Waals surface area contributed by atoms with E-state index in [9.17, 15) is 0 Å². The molecule has 0 aliphatic carbocycles. The Bertz CT molecular complexity index is 2820. The summed E-state index contributed by atoms with van der Waals surface area (Å²) >= 11 is 0. The Labute approximate surface area is 296 Å². The van der Waals surface area contributed by atoms with E-state index in [1.807, 2.05) is 6.07 Å². The van der Waals surface area contributed by atoms with Crippen LogP contribution in [0, 0.1) is 0 Å². The molecule has 0 aromatic heterocycles. The number of rotatable bonds is 3. The van der Waals surface area contributed by atoms with Gasteiger partial charge in [-0.3, -0.25) is 0 Å². The summed E-state index contributed by atoms with van der Waals surface area (Å²) in [5.41, 5.74) is 10.5. The smallest absolute Gasteiger partial charge is 0.260 e. The van der Waals surface area contributed by atoms with Crippen LogP contribution in [0.3, 0.4) is 0 Å². The molecule has 0 unspecified atom stereocenters. The predicted molar refractivity (Wildman–Crippen MR) is 213 cm³/mol. The molecule has 0 bridgehead atoms. The van der Waals surface area contributed by atoms with Crippen LogP contribution in [-0.2, 0) is 0 Å². The second-order valence-electron chi connectivity index (χ2n) is 13.5. The van der Waals surface area contributed by atoms with Gasteiger partial charge in [0.2, 0.25) is 0 Å². The summed E-state index contributed by atoms with van der Waals surface area (Å²) in [4.78, 5) is 0. The molecule has 3 heteroatoms. The molecule has 51 heavy (non-hydrogen) atoms. The lowest BCUT2D eigenvalue weighted by Crippen LogP contribution is -2.57. The van der Waals surface area contributed by atoms with Crippen LogP contribution in [0.2, 0.25) is 0 Å². The fourth-order valence-corrected chi connectivity index (χ4v) is 8.66. The van der Waals surface area contributed by atoms with Crippen molar-refractivity contribution in [2.24, 2.45) is 0 Å². The molecule has 0 atom stereocenters. The Kier molecular flexibility index (Phi) is 6.08. The van der Waals surface area contributed by atoms with Gasteiger partial charge in [-0.05, 0) is 77.8 Å². The highest BCUT2D eigenvalue weighted by Crippen LogP contribution is 2.48. The minimum atomic E-state index is -0.0211. The highest BCUT2D eigenvalue weighted by molar-refractivity contribution is 6.98. The normalized spacial score (nSPS) is 12.6. The molecule has 0 spiro atoms. The van der Waals surface area contributed by atoms with E-state index in [4.69, 9.17) is 9.47 Å². The number of benzene rings is 9. The molecular weight excluding hydrogens is 619 g/mol. The van der Waals surface area contributed by atoms with Gasteiger partial charge in [0.05, 0.1) is 0 Å². The van der Waals surface area contributed by atoms with Crippen LogP contribution in [-0.4, -0.2) is 6.71 Å². The molecule has 9 aromatic rings. The topological polar surface area (TPSA) is 18.5 Å². The van der Waals surface area contributed by atoms with Gasteiger partial charge in [0.15, 0.2) is 0 Å². The van der Waals surface area contributed by atoms with Crippen molar-refractivity contribution in [3.63, 3.8) is 0 Å². The maximum Gasteiger partial charge on any atom is 0.260 e. The first-order chi connectivity index (χ1) is 25.3. The third-order valence-electron chi connectivity index (χ3n) is 10.8. The SMILES string of the molecule is c1ccc(-c2c3ccccc3c(-c3ccccc3-c3cccc4c3Oc3cccc5c3B4c3ccc4ccccc4c3O5)c3ccccc23)cc1. The third kappa shape index (κ3) is 4.12. The Morgan fingerprint density at radius 1 is 0.333 bits per heavy atom. The van der Waals surface area contributed by atoms with Crippen molar-refractivity contribution in [3.8, 4) is 56.4 Å². The van der Waals surface area contributed by atoms with Crippen molar-refractivity contribution < 1.29 is 9.47 Å². The standard InChI is InChI=1S/C48H29BO2/c1-2-15-31(16-3-1)44-35-20-8-10-22-37(35)45(38-23-11-9-21-36(38)44)34-19-7-6-18-33(34)39-24-12-25-40-48(39)51-43-27-13-26-42-46(43)49(40)41-29-28-30-14-4-5-17-32(30)47(41)50-42/h1-29H. The molecule has 11 rings (SSSR count). The molecule has 2 aliphatic rings. The zero-order valence-corrected chi connectivity index (χ0v) is 27.6. The Morgan fingerprint density at radius 3 is 1.59 bits per heavy atom. The maximum absolute atomic E-state index is 6.98. The van der Waals surface area contributed by atoms with E-state index < -0.39 is 0 Å². The Hall–Kier alpha value is -6.58. The van der Waals surface area contributed by atoms with E-state index in [-0.39, 0.29) is 6.71 Å². The number of hydrogen-bond acceptors (Lipinski definition) is 2. The quantitative estimate of drug-likeness (QED) is 0.140. The van der Waals surface area contributed by atoms with Gasteiger partial charge in [-0.1, -0.05) is 164 Å². The van der Waals surface area contributed by atoms with Gasteiger partial charge in [-0.15, -0.1) is 0 Å².